The predicted molar refractivity (Wildman–Crippen MR) is 59.8 cm³/mol. The van der Waals surface area contributed by atoms with Crippen molar-refractivity contribution in [3.63, 3.8) is 0 Å². The molecule has 0 radical (unpaired) electrons. The van der Waals surface area contributed by atoms with E-state index in [0.717, 1.165) is 23.7 Å². The Balaban J connectivity index is 1.91. The van der Waals surface area contributed by atoms with Crippen LogP contribution < -0.4 is 5.32 Å². The highest BCUT2D eigenvalue weighted by Gasteiger charge is 2.16. The van der Waals surface area contributed by atoms with Gasteiger partial charge in [0.15, 0.2) is 0 Å². The zero-order valence-electron chi connectivity index (χ0n) is 8.39. The van der Waals surface area contributed by atoms with E-state index in [0.29, 0.717) is 5.15 Å². The SMILES string of the molecule is Cc1cc(NCC2CCC2)cnc1Cl. The van der Waals surface area contributed by atoms with Gasteiger partial charge < -0.3 is 5.32 Å². The van der Waals surface area contributed by atoms with Crippen molar-refractivity contribution in [2.24, 2.45) is 5.92 Å². The number of hydrogen-bond acceptors (Lipinski definition) is 2. The highest BCUT2D eigenvalue weighted by molar-refractivity contribution is 6.30. The van der Waals surface area contributed by atoms with Crippen LogP contribution in [-0.2, 0) is 0 Å². The number of aromatic nitrogens is 1. The van der Waals surface area contributed by atoms with Crippen molar-refractivity contribution in [2.45, 2.75) is 26.2 Å². The Morgan fingerprint density at radius 3 is 2.93 bits per heavy atom. The first-order chi connectivity index (χ1) is 6.75. The maximum Gasteiger partial charge on any atom is 0.132 e. The molecule has 0 aliphatic heterocycles. The molecular formula is C11H15ClN2. The van der Waals surface area contributed by atoms with Gasteiger partial charge in [0, 0.05) is 6.54 Å². The van der Waals surface area contributed by atoms with Gasteiger partial charge in [0.05, 0.1) is 11.9 Å². The molecule has 1 aliphatic carbocycles. The van der Waals surface area contributed by atoms with E-state index in [-0.39, 0.29) is 0 Å². The Labute approximate surface area is 89.7 Å². The van der Waals surface area contributed by atoms with Crippen LogP contribution in [0, 0.1) is 12.8 Å². The van der Waals surface area contributed by atoms with Gasteiger partial charge in [-0.25, -0.2) is 4.98 Å². The van der Waals surface area contributed by atoms with E-state index in [2.05, 4.69) is 10.3 Å². The Morgan fingerprint density at radius 2 is 2.36 bits per heavy atom. The number of nitrogens with zero attached hydrogens (tertiary/aromatic N) is 1. The minimum atomic E-state index is 0.596. The first-order valence-electron chi connectivity index (χ1n) is 5.12. The standard InChI is InChI=1S/C11H15ClN2/c1-8-5-10(7-14-11(8)12)13-6-9-3-2-4-9/h5,7,9,13H,2-4,6H2,1H3. The molecule has 0 amide bonds. The molecule has 0 bridgehead atoms. The van der Waals surface area contributed by atoms with E-state index in [1.54, 1.807) is 6.20 Å². The summed E-state index contributed by atoms with van der Waals surface area (Å²) in [5, 5.41) is 3.99. The number of nitrogens with one attached hydrogen (secondary N) is 1. The van der Waals surface area contributed by atoms with Gasteiger partial charge in [-0.15, -0.1) is 0 Å². The Bertz CT molecular complexity index is 321. The van der Waals surface area contributed by atoms with E-state index < -0.39 is 0 Å². The van der Waals surface area contributed by atoms with Crippen molar-refractivity contribution in [3.05, 3.63) is 23.0 Å². The van der Waals surface area contributed by atoms with Gasteiger partial charge in [-0.05, 0) is 37.3 Å². The second-order valence-electron chi connectivity index (χ2n) is 4.01. The number of pyridine rings is 1. The zero-order chi connectivity index (χ0) is 9.97. The van der Waals surface area contributed by atoms with Gasteiger partial charge in [0.25, 0.3) is 0 Å². The lowest BCUT2D eigenvalue weighted by Gasteiger charge is -2.25. The van der Waals surface area contributed by atoms with Gasteiger partial charge in [0.1, 0.15) is 5.15 Å². The van der Waals surface area contributed by atoms with E-state index in [4.69, 9.17) is 11.6 Å². The lowest BCUT2D eigenvalue weighted by atomic mass is 9.85. The number of halogens is 1. The summed E-state index contributed by atoms with van der Waals surface area (Å²) in [6.07, 6.45) is 5.93. The minimum absolute atomic E-state index is 0.596. The molecule has 0 aromatic carbocycles. The first kappa shape index (κ1) is 9.78. The third-order valence-corrected chi connectivity index (χ3v) is 3.23. The fourth-order valence-electron chi connectivity index (χ4n) is 1.61. The van der Waals surface area contributed by atoms with Crippen molar-refractivity contribution in [1.82, 2.24) is 4.98 Å². The molecule has 76 valence electrons. The second-order valence-corrected chi connectivity index (χ2v) is 4.37. The molecule has 1 aliphatic rings. The molecule has 2 nitrogen and oxygen atoms in total. The maximum absolute atomic E-state index is 5.84. The average Bonchev–Trinajstić information content (AvgIpc) is 2.08. The molecule has 0 saturated heterocycles. The van der Waals surface area contributed by atoms with Crippen LogP contribution in [0.2, 0.25) is 5.15 Å². The summed E-state index contributed by atoms with van der Waals surface area (Å²) >= 11 is 5.84. The molecule has 2 rings (SSSR count). The highest BCUT2D eigenvalue weighted by Crippen LogP contribution is 2.26. The summed E-state index contributed by atoms with van der Waals surface area (Å²) in [5.74, 6) is 0.867. The lowest BCUT2D eigenvalue weighted by molar-refractivity contribution is 0.333. The molecule has 1 saturated carbocycles. The minimum Gasteiger partial charge on any atom is -0.384 e. The molecular weight excluding hydrogens is 196 g/mol. The third kappa shape index (κ3) is 2.18. The van der Waals surface area contributed by atoms with Crippen LogP contribution in [0.1, 0.15) is 24.8 Å². The van der Waals surface area contributed by atoms with Gasteiger partial charge in [0.2, 0.25) is 0 Å². The van der Waals surface area contributed by atoms with Crippen LogP contribution in [-0.4, -0.2) is 11.5 Å². The van der Waals surface area contributed by atoms with Crippen molar-refractivity contribution >= 4 is 17.3 Å². The Hall–Kier alpha value is -0.760. The number of aryl methyl sites for hydroxylation is 1. The first-order valence-corrected chi connectivity index (χ1v) is 5.49. The molecule has 1 heterocycles. The smallest absolute Gasteiger partial charge is 0.132 e. The molecule has 0 unspecified atom stereocenters. The molecule has 0 spiro atoms. The molecule has 1 aromatic rings. The summed E-state index contributed by atoms with van der Waals surface area (Å²) in [6.45, 7) is 3.05. The second kappa shape index (κ2) is 4.18. The van der Waals surface area contributed by atoms with E-state index in [1.165, 1.54) is 19.3 Å². The number of rotatable bonds is 3. The maximum atomic E-state index is 5.84. The molecule has 1 aromatic heterocycles. The molecule has 0 atom stereocenters. The summed E-state index contributed by atoms with van der Waals surface area (Å²) < 4.78 is 0. The third-order valence-electron chi connectivity index (χ3n) is 2.83. The van der Waals surface area contributed by atoms with E-state index >= 15 is 0 Å². The van der Waals surface area contributed by atoms with E-state index in [9.17, 15) is 0 Å². The summed E-state index contributed by atoms with van der Waals surface area (Å²) in [7, 11) is 0. The Morgan fingerprint density at radius 1 is 1.57 bits per heavy atom. The molecule has 1 N–H and O–H groups in total. The zero-order valence-corrected chi connectivity index (χ0v) is 9.14. The lowest BCUT2D eigenvalue weighted by Crippen LogP contribution is -2.20. The van der Waals surface area contributed by atoms with Crippen molar-refractivity contribution in [2.75, 3.05) is 11.9 Å². The number of anilines is 1. The largest absolute Gasteiger partial charge is 0.384 e. The van der Waals surface area contributed by atoms with Crippen LogP contribution in [0.4, 0.5) is 5.69 Å². The molecule has 14 heavy (non-hydrogen) atoms. The topological polar surface area (TPSA) is 24.9 Å². The van der Waals surface area contributed by atoms with Crippen LogP contribution in [0.5, 0.6) is 0 Å². The normalized spacial score (nSPS) is 16.4. The van der Waals surface area contributed by atoms with Crippen LogP contribution >= 0.6 is 11.6 Å². The fraction of sp³-hybridized carbons (Fsp3) is 0.545. The fourth-order valence-corrected chi connectivity index (χ4v) is 1.72. The van der Waals surface area contributed by atoms with Crippen molar-refractivity contribution in [3.8, 4) is 0 Å². The number of hydrogen-bond donors (Lipinski definition) is 1. The summed E-state index contributed by atoms with van der Waals surface area (Å²) in [5.41, 5.74) is 2.11. The van der Waals surface area contributed by atoms with E-state index in [1.807, 2.05) is 13.0 Å². The summed E-state index contributed by atoms with van der Waals surface area (Å²) in [6, 6.07) is 2.05. The van der Waals surface area contributed by atoms with Gasteiger partial charge in [-0.2, -0.15) is 0 Å². The average molecular weight is 211 g/mol. The van der Waals surface area contributed by atoms with Crippen molar-refractivity contribution in [1.29, 1.82) is 0 Å². The monoisotopic (exact) mass is 210 g/mol. The van der Waals surface area contributed by atoms with Crippen LogP contribution in [0.3, 0.4) is 0 Å². The quantitative estimate of drug-likeness (QED) is 0.775. The predicted octanol–water partition coefficient (Wildman–Crippen LogP) is 3.26. The van der Waals surface area contributed by atoms with Crippen LogP contribution in [0.25, 0.3) is 0 Å². The Kier molecular flexibility index (Phi) is 2.92. The van der Waals surface area contributed by atoms with Crippen molar-refractivity contribution < 1.29 is 0 Å². The molecule has 1 fully saturated rings. The van der Waals surface area contributed by atoms with Gasteiger partial charge >= 0.3 is 0 Å². The van der Waals surface area contributed by atoms with Gasteiger partial charge in [-0.3, -0.25) is 0 Å². The van der Waals surface area contributed by atoms with Gasteiger partial charge in [-0.1, -0.05) is 18.0 Å². The highest BCUT2D eigenvalue weighted by atomic mass is 35.5. The molecule has 3 heteroatoms. The summed E-state index contributed by atoms with van der Waals surface area (Å²) in [4.78, 5) is 4.10. The van der Waals surface area contributed by atoms with Crippen LogP contribution in [0.15, 0.2) is 12.3 Å².